The molecule has 1 heterocycles. The zero-order valence-corrected chi connectivity index (χ0v) is 15.3. The predicted octanol–water partition coefficient (Wildman–Crippen LogP) is 4.66. The molecule has 0 radical (unpaired) electrons. The van der Waals surface area contributed by atoms with Gasteiger partial charge in [-0.1, -0.05) is 22.0 Å². The molecule has 0 spiro atoms. The van der Waals surface area contributed by atoms with Crippen LogP contribution in [0, 0.1) is 0 Å². The lowest BCUT2D eigenvalue weighted by atomic mass is 10.0. The third-order valence-electron chi connectivity index (χ3n) is 4.47. The molecule has 1 fully saturated rings. The number of nitrogen functional groups attached to an aromatic ring is 1. The van der Waals surface area contributed by atoms with Gasteiger partial charge in [0.15, 0.2) is 0 Å². The van der Waals surface area contributed by atoms with E-state index in [9.17, 15) is 4.79 Å². The Morgan fingerprint density at radius 3 is 2.83 bits per heavy atom. The molecule has 5 heteroatoms. The highest BCUT2D eigenvalue weighted by Gasteiger charge is 2.22. The summed E-state index contributed by atoms with van der Waals surface area (Å²) in [6.45, 7) is 3.24. The second kappa shape index (κ2) is 7.26. The van der Waals surface area contributed by atoms with Crippen molar-refractivity contribution >= 4 is 38.9 Å². The average molecular weight is 388 g/mol. The van der Waals surface area contributed by atoms with Gasteiger partial charge in [-0.2, -0.15) is 0 Å². The smallest absolute Gasteiger partial charge is 0.255 e. The highest BCUT2D eigenvalue weighted by Crippen LogP contribution is 2.33. The SMILES string of the molecule is C[C@@H]1CCCCN1c1ccc(N)cc1NC(=O)c1cccc(Br)c1. The minimum absolute atomic E-state index is 0.132. The minimum atomic E-state index is -0.132. The Labute approximate surface area is 151 Å². The molecule has 0 unspecified atom stereocenters. The summed E-state index contributed by atoms with van der Waals surface area (Å²) in [4.78, 5) is 15.0. The topological polar surface area (TPSA) is 58.4 Å². The van der Waals surface area contributed by atoms with E-state index in [2.05, 4.69) is 33.1 Å². The zero-order valence-electron chi connectivity index (χ0n) is 13.8. The summed E-state index contributed by atoms with van der Waals surface area (Å²) >= 11 is 3.40. The maximum absolute atomic E-state index is 12.6. The first kappa shape index (κ1) is 16.8. The monoisotopic (exact) mass is 387 g/mol. The number of rotatable bonds is 3. The van der Waals surface area contributed by atoms with Crippen LogP contribution in [0.2, 0.25) is 0 Å². The lowest BCUT2D eigenvalue weighted by molar-refractivity contribution is 0.102. The fourth-order valence-electron chi connectivity index (χ4n) is 3.18. The Morgan fingerprint density at radius 1 is 1.25 bits per heavy atom. The molecule has 0 aromatic heterocycles. The third-order valence-corrected chi connectivity index (χ3v) is 4.96. The number of nitrogens with zero attached hydrogens (tertiary/aromatic N) is 1. The van der Waals surface area contributed by atoms with Crippen molar-refractivity contribution in [3.63, 3.8) is 0 Å². The third kappa shape index (κ3) is 3.73. The van der Waals surface area contributed by atoms with E-state index in [4.69, 9.17) is 5.73 Å². The Balaban J connectivity index is 1.89. The summed E-state index contributed by atoms with van der Waals surface area (Å²) in [5.41, 5.74) is 9.03. The largest absolute Gasteiger partial charge is 0.399 e. The number of nitrogens with one attached hydrogen (secondary N) is 1. The van der Waals surface area contributed by atoms with E-state index >= 15 is 0 Å². The van der Waals surface area contributed by atoms with Gasteiger partial charge in [0.1, 0.15) is 0 Å². The molecule has 0 saturated carbocycles. The van der Waals surface area contributed by atoms with Gasteiger partial charge < -0.3 is 16.0 Å². The van der Waals surface area contributed by atoms with Crippen LogP contribution >= 0.6 is 15.9 Å². The fourth-order valence-corrected chi connectivity index (χ4v) is 3.58. The fraction of sp³-hybridized carbons (Fsp3) is 0.316. The van der Waals surface area contributed by atoms with E-state index in [1.807, 2.05) is 36.4 Å². The van der Waals surface area contributed by atoms with Crippen molar-refractivity contribution in [3.05, 3.63) is 52.5 Å². The van der Waals surface area contributed by atoms with Crippen LogP contribution in [0.4, 0.5) is 17.1 Å². The van der Waals surface area contributed by atoms with E-state index < -0.39 is 0 Å². The first-order valence-corrected chi connectivity index (χ1v) is 9.07. The van der Waals surface area contributed by atoms with Crippen LogP contribution in [0.1, 0.15) is 36.5 Å². The van der Waals surface area contributed by atoms with Crippen molar-refractivity contribution in [2.75, 3.05) is 22.5 Å². The maximum Gasteiger partial charge on any atom is 0.255 e. The van der Waals surface area contributed by atoms with Crippen molar-refractivity contribution in [2.24, 2.45) is 0 Å². The van der Waals surface area contributed by atoms with Crippen LogP contribution in [0.15, 0.2) is 46.9 Å². The quantitative estimate of drug-likeness (QED) is 0.752. The lowest BCUT2D eigenvalue weighted by Crippen LogP contribution is -2.38. The second-order valence-electron chi connectivity index (χ2n) is 6.28. The molecule has 1 aliphatic heterocycles. The first-order valence-electron chi connectivity index (χ1n) is 8.27. The highest BCUT2D eigenvalue weighted by molar-refractivity contribution is 9.10. The Hall–Kier alpha value is -2.01. The number of halogens is 1. The maximum atomic E-state index is 12.6. The van der Waals surface area contributed by atoms with Gasteiger partial charge >= 0.3 is 0 Å². The van der Waals surface area contributed by atoms with Crippen LogP contribution < -0.4 is 16.0 Å². The predicted molar refractivity (Wildman–Crippen MR) is 104 cm³/mol. The molecule has 3 rings (SSSR count). The molecule has 24 heavy (non-hydrogen) atoms. The first-order chi connectivity index (χ1) is 11.5. The molecule has 3 N–H and O–H groups in total. The van der Waals surface area contributed by atoms with E-state index in [0.717, 1.165) is 22.4 Å². The van der Waals surface area contributed by atoms with Gasteiger partial charge in [-0.05, 0) is 62.6 Å². The Kier molecular flexibility index (Phi) is 5.09. The lowest BCUT2D eigenvalue weighted by Gasteiger charge is -2.36. The molecule has 126 valence electrons. The van der Waals surface area contributed by atoms with Gasteiger partial charge in [0.2, 0.25) is 0 Å². The molecule has 0 bridgehead atoms. The summed E-state index contributed by atoms with van der Waals surface area (Å²) in [5, 5.41) is 3.03. The highest BCUT2D eigenvalue weighted by atomic mass is 79.9. The molecule has 1 aliphatic rings. The number of anilines is 3. The zero-order chi connectivity index (χ0) is 17.1. The van der Waals surface area contributed by atoms with Crippen LogP contribution in [-0.4, -0.2) is 18.5 Å². The Morgan fingerprint density at radius 2 is 2.08 bits per heavy atom. The molecule has 1 saturated heterocycles. The van der Waals surface area contributed by atoms with Crippen LogP contribution in [-0.2, 0) is 0 Å². The van der Waals surface area contributed by atoms with Gasteiger partial charge in [-0.25, -0.2) is 0 Å². The molecular formula is C19H22BrN3O. The van der Waals surface area contributed by atoms with Crippen molar-refractivity contribution < 1.29 is 4.79 Å². The number of carbonyl (C=O) groups excluding carboxylic acids is 1. The van der Waals surface area contributed by atoms with Crippen LogP contribution in [0.25, 0.3) is 0 Å². The summed E-state index contributed by atoms with van der Waals surface area (Å²) in [7, 11) is 0. The number of piperidine rings is 1. The summed E-state index contributed by atoms with van der Waals surface area (Å²) in [6.07, 6.45) is 3.60. The van der Waals surface area contributed by atoms with Crippen LogP contribution in [0.5, 0.6) is 0 Å². The Bertz CT molecular complexity index is 747. The van der Waals surface area contributed by atoms with Gasteiger partial charge in [-0.3, -0.25) is 4.79 Å². The molecule has 1 amide bonds. The van der Waals surface area contributed by atoms with E-state index in [-0.39, 0.29) is 5.91 Å². The van der Waals surface area contributed by atoms with Crippen LogP contribution in [0.3, 0.4) is 0 Å². The number of hydrogen-bond acceptors (Lipinski definition) is 3. The van der Waals surface area contributed by atoms with Crippen molar-refractivity contribution in [3.8, 4) is 0 Å². The van der Waals surface area contributed by atoms with Gasteiger partial charge in [0.25, 0.3) is 5.91 Å². The van der Waals surface area contributed by atoms with Crippen molar-refractivity contribution in [2.45, 2.75) is 32.2 Å². The molecule has 2 aromatic rings. The standard InChI is InChI=1S/C19H22BrN3O/c1-13-5-2-3-10-23(13)18-9-8-16(21)12-17(18)22-19(24)14-6-4-7-15(20)11-14/h4,6-9,11-13H,2-3,5,10,21H2,1H3,(H,22,24)/t13-/m1/s1. The average Bonchev–Trinajstić information content (AvgIpc) is 2.56. The van der Waals surface area contributed by atoms with Gasteiger partial charge in [-0.15, -0.1) is 0 Å². The van der Waals surface area contributed by atoms with Gasteiger partial charge in [0.05, 0.1) is 11.4 Å². The number of carbonyl (C=O) groups is 1. The van der Waals surface area contributed by atoms with Gasteiger partial charge in [0, 0.05) is 28.3 Å². The summed E-state index contributed by atoms with van der Waals surface area (Å²) < 4.78 is 0.882. The summed E-state index contributed by atoms with van der Waals surface area (Å²) in [5.74, 6) is -0.132. The number of benzene rings is 2. The molecule has 4 nitrogen and oxygen atoms in total. The minimum Gasteiger partial charge on any atom is -0.399 e. The van der Waals surface area contributed by atoms with E-state index in [1.165, 1.54) is 19.3 Å². The normalized spacial score (nSPS) is 17.6. The second-order valence-corrected chi connectivity index (χ2v) is 7.19. The van der Waals surface area contributed by atoms with Crippen molar-refractivity contribution in [1.29, 1.82) is 0 Å². The molecule has 0 aliphatic carbocycles. The molecule has 1 atom stereocenters. The summed E-state index contributed by atoms with van der Waals surface area (Å²) in [6, 6.07) is 13.6. The van der Waals surface area contributed by atoms with E-state index in [1.54, 1.807) is 6.07 Å². The van der Waals surface area contributed by atoms with E-state index in [0.29, 0.717) is 17.3 Å². The molecule has 2 aromatic carbocycles. The van der Waals surface area contributed by atoms with Crippen molar-refractivity contribution in [1.82, 2.24) is 0 Å². The molecular weight excluding hydrogens is 366 g/mol. The number of hydrogen-bond donors (Lipinski definition) is 2. The number of nitrogens with two attached hydrogens (primary N) is 1. The number of amides is 1.